The molecule has 5 nitrogen and oxygen atoms in total. The Balaban J connectivity index is 1.63. The van der Waals surface area contributed by atoms with Crippen molar-refractivity contribution in [2.24, 2.45) is 5.92 Å². The summed E-state index contributed by atoms with van der Waals surface area (Å²) in [7, 11) is 0. The van der Waals surface area contributed by atoms with Gasteiger partial charge in [-0.2, -0.15) is 0 Å². The number of nitrogens with zero attached hydrogens (tertiary/aromatic N) is 3. The van der Waals surface area contributed by atoms with E-state index in [0.717, 1.165) is 5.69 Å². The number of alkyl halides is 2. The lowest BCUT2D eigenvalue weighted by Gasteiger charge is -2.36. The molecule has 0 aromatic carbocycles. The first-order valence-corrected chi connectivity index (χ1v) is 8.02. The number of ether oxygens (including phenoxy) is 1. The second kappa shape index (κ2) is 6.47. The summed E-state index contributed by atoms with van der Waals surface area (Å²) in [6, 6.07) is 1.78. The van der Waals surface area contributed by atoms with Gasteiger partial charge in [0.15, 0.2) is 0 Å². The highest BCUT2D eigenvalue weighted by molar-refractivity contribution is 5.79. The van der Waals surface area contributed by atoms with Crippen molar-refractivity contribution in [3.05, 3.63) is 23.8 Å². The Labute approximate surface area is 134 Å². The molecule has 2 heterocycles. The molecule has 1 aliphatic carbocycles. The van der Waals surface area contributed by atoms with Crippen LogP contribution >= 0.6 is 0 Å². The van der Waals surface area contributed by atoms with Gasteiger partial charge in [-0.15, -0.1) is 0 Å². The summed E-state index contributed by atoms with van der Waals surface area (Å²) in [5.74, 6) is -2.27. The van der Waals surface area contributed by atoms with Crippen LogP contribution < -0.4 is 0 Å². The SMILES string of the molecule is Cc1nccc([C@H]2CN(C(=O)C3CCC(F)(F)CC3)CCO2)n1. The predicted octanol–water partition coefficient (Wildman–Crippen LogP) is 2.51. The Morgan fingerprint density at radius 1 is 1.39 bits per heavy atom. The van der Waals surface area contributed by atoms with Gasteiger partial charge in [-0.05, 0) is 25.8 Å². The summed E-state index contributed by atoms with van der Waals surface area (Å²) < 4.78 is 32.2. The molecule has 0 unspecified atom stereocenters. The van der Waals surface area contributed by atoms with E-state index in [1.54, 1.807) is 24.1 Å². The van der Waals surface area contributed by atoms with Crippen molar-refractivity contribution >= 4 is 5.91 Å². The van der Waals surface area contributed by atoms with E-state index in [1.165, 1.54) is 0 Å². The number of hydrogen-bond donors (Lipinski definition) is 0. The minimum absolute atomic E-state index is 0.0282. The molecule has 1 aromatic heterocycles. The fourth-order valence-electron chi connectivity index (χ4n) is 3.23. The van der Waals surface area contributed by atoms with Crippen LogP contribution in [0.5, 0.6) is 0 Å². The minimum atomic E-state index is -2.61. The highest BCUT2D eigenvalue weighted by atomic mass is 19.3. The van der Waals surface area contributed by atoms with Crippen molar-refractivity contribution in [1.29, 1.82) is 0 Å². The van der Waals surface area contributed by atoms with Crippen LogP contribution in [0.3, 0.4) is 0 Å². The van der Waals surface area contributed by atoms with Gasteiger partial charge in [0.2, 0.25) is 11.8 Å². The van der Waals surface area contributed by atoms with E-state index in [0.29, 0.717) is 25.5 Å². The maximum absolute atomic E-state index is 13.2. The summed E-state index contributed by atoms with van der Waals surface area (Å²) in [4.78, 5) is 22.7. The zero-order valence-electron chi connectivity index (χ0n) is 13.2. The van der Waals surface area contributed by atoms with Crippen LogP contribution in [0.25, 0.3) is 0 Å². The third kappa shape index (κ3) is 3.83. The Morgan fingerprint density at radius 2 is 2.13 bits per heavy atom. The van der Waals surface area contributed by atoms with Gasteiger partial charge in [0.1, 0.15) is 11.9 Å². The van der Waals surface area contributed by atoms with Crippen LogP contribution in [-0.4, -0.2) is 46.4 Å². The van der Waals surface area contributed by atoms with Gasteiger partial charge >= 0.3 is 0 Å². The highest BCUT2D eigenvalue weighted by Gasteiger charge is 2.39. The van der Waals surface area contributed by atoms with Gasteiger partial charge in [-0.25, -0.2) is 18.7 Å². The quantitative estimate of drug-likeness (QED) is 0.838. The van der Waals surface area contributed by atoms with Crippen molar-refractivity contribution in [1.82, 2.24) is 14.9 Å². The number of carbonyl (C=O) groups excluding carboxylic acids is 1. The second-order valence-corrected chi connectivity index (χ2v) is 6.30. The topological polar surface area (TPSA) is 55.3 Å². The lowest BCUT2D eigenvalue weighted by molar-refractivity contribution is -0.147. The van der Waals surface area contributed by atoms with Crippen molar-refractivity contribution in [3.63, 3.8) is 0 Å². The first kappa shape index (κ1) is 16.2. The van der Waals surface area contributed by atoms with Crippen LogP contribution in [-0.2, 0) is 9.53 Å². The number of amides is 1. The number of carbonyl (C=O) groups is 1. The summed E-state index contributed by atoms with van der Waals surface area (Å²) in [6.45, 7) is 3.16. The molecule has 0 radical (unpaired) electrons. The standard InChI is InChI=1S/C16H21F2N3O2/c1-11-19-7-4-13(20-11)14-10-21(8-9-23-14)15(22)12-2-5-16(17,18)6-3-12/h4,7,12,14H,2-3,5-6,8-10H2,1H3/t14-/m1/s1. The molecule has 7 heteroatoms. The van der Waals surface area contributed by atoms with E-state index < -0.39 is 5.92 Å². The number of hydrogen-bond acceptors (Lipinski definition) is 4. The van der Waals surface area contributed by atoms with Crippen LogP contribution in [0.15, 0.2) is 12.3 Å². The van der Waals surface area contributed by atoms with Gasteiger partial charge in [-0.1, -0.05) is 0 Å². The van der Waals surface area contributed by atoms with E-state index in [-0.39, 0.29) is 43.6 Å². The van der Waals surface area contributed by atoms with Gasteiger partial charge in [0, 0.05) is 31.5 Å². The molecule has 0 N–H and O–H groups in total. The summed E-state index contributed by atoms with van der Waals surface area (Å²) in [5, 5.41) is 0. The molecular weight excluding hydrogens is 304 g/mol. The van der Waals surface area contributed by atoms with Gasteiger partial charge < -0.3 is 9.64 Å². The van der Waals surface area contributed by atoms with Crippen LogP contribution in [0, 0.1) is 12.8 Å². The number of halogens is 2. The Bertz CT molecular complexity index is 572. The van der Waals surface area contributed by atoms with Crippen molar-refractivity contribution < 1.29 is 18.3 Å². The molecule has 1 saturated carbocycles. The molecule has 1 amide bonds. The smallest absolute Gasteiger partial charge is 0.248 e. The molecule has 23 heavy (non-hydrogen) atoms. The molecule has 1 aliphatic heterocycles. The maximum atomic E-state index is 13.2. The lowest BCUT2D eigenvalue weighted by Crippen LogP contribution is -2.46. The summed E-state index contributed by atoms with van der Waals surface area (Å²) in [5.41, 5.74) is 0.755. The van der Waals surface area contributed by atoms with E-state index in [2.05, 4.69) is 9.97 Å². The summed E-state index contributed by atoms with van der Waals surface area (Å²) in [6.07, 6.45) is 1.54. The molecule has 1 aromatic rings. The Hall–Kier alpha value is -1.63. The average molecular weight is 325 g/mol. The number of aryl methyl sites for hydroxylation is 1. The molecule has 0 bridgehead atoms. The highest BCUT2D eigenvalue weighted by Crippen LogP contribution is 2.37. The van der Waals surface area contributed by atoms with E-state index >= 15 is 0 Å². The van der Waals surface area contributed by atoms with Crippen molar-refractivity contribution in [2.75, 3.05) is 19.7 Å². The van der Waals surface area contributed by atoms with Crippen molar-refractivity contribution in [3.8, 4) is 0 Å². The van der Waals surface area contributed by atoms with E-state index in [4.69, 9.17) is 4.74 Å². The zero-order chi connectivity index (χ0) is 16.4. The van der Waals surface area contributed by atoms with E-state index in [9.17, 15) is 13.6 Å². The largest absolute Gasteiger partial charge is 0.368 e. The Kier molecular flexibility index (Phi) is 4.57. The average Bonchev–Trinajstić information content (AvgIpc) is 2.54. The first-order valence-electron chi connectivity index (χ1n) is 8.02. The van der Waals surface area contributed by atoms with Crippen LogP contribution in [0.4, 0.5) is 8.78 Å². The predicted molar refractivity (Wildman–Crippen MR) is 78.9 cm³/mol. The van der Waals surface area contributed by atoms with E-state index in [1.807, 2.05) is 0 Å². The molecule has 2 fully saturated rings. The summed E-state index contributed by atoms with van der Waals surface area (Å²) >= 11 is 0. The fraction of sp³-hybridized carbons (Fsp3) is 0.688. The molecule has 2 aliphatic rings. The number of rotatable bonds is 2. The third-order valence-corrected chi connectivity index (χ3v) is 4.57. The molecule has 1 atom stereocenters. The van der Waals surface area contributed by atoms with Gasteiger partial charge in [0.05, 0.1) is 18.8 Å². The second-order valence-electron chi connectivity index (χ2n) is 6.30. The number of aromatic nitrogens is 2. The van der Waals surface area contributed by atoms with Gasteiger partial charge in [-0.3, -0.25) is 4.79 Å². The van der Waals surface area contributed by atoms with Crippen LogP contribution in [0.1, 0.15) is 43.3 Å². The third-order valence-electron chi connectivity index (χ3n) is 4.57. The normalized spacial score (nSPS) is 25.3. The molecule has 1 saturated heterocycles. The van der Waals surface area contributed by atoms with Gasteiger partial charge in [0.25, 0.3) is 0 Å². The zero-order valence-corrected chi connectivity index (χ0v) is 13.2. The molecule has 126 valence electrons. The monoisotopic (exact) mass is 325 g/mol. The number of morpholine rings is 1. The first-order chi connectivity index (χ1) is 10.9. The van der Waals surface area contributed by atoms with Crippen LogP contribution in [0.2, 0.25) is 0 Å². The maximum Gasteiger partial charge on any atom is 0.248 e. The molecule has 0 spiro atoms. The fourth-order valence-corrected chi connectivity index (χ4v) is 3.23. The minimum Gasteiger partial charge on any atom is -0.368 e. The molecular formula is C16H21F2N3O2. The molecule has 3 rings (SSSR count). The van der Waals surface area contributed by atoms with Crippen molar-refractivity contribution in [2.45, 2.75) is 44.6 Å². The lowest BCUT2D eigenvalue weighted by atomic mass is 9.85. The Morgan fingerprint density at radius 3 is 2.83 bits per heavy atom.